The maximum absolute atomic E-state index is 5.89. The van der Waals surface area contributed by atoms with Gasteiger partial charge in [-0.25, -0.2) is 0 Å². The van der Waals surface area contributed by atoms with Crippen LogP contribution in [-0.2, 0) is 0 Å². The molecule has 1 aromatic carbocycles. The van der Waals surface area contributed by atoms with Gasteiger partial charge in [-0.15, -0.1) is 0 Å². The molecule has 2 nitrogen and oxygen atoms in total. The standard InChI is InChI=1S/C13H13BrN2/c1-9(15)11-5-12(7-13(14)6-11)10-3-2-4-16-8-10/h2-9H,15H2,1H3. The highest BCUT2D eigenvalue weighted by molar-refractivity contribution is 9.10. The van der Waals surface area contributed by atoms with Crippen LogP contribution in [0.5, 0.6) is 0 Å². The monoisotopic (exact) mass is 276 g/mol. The van der Waals surface area contributed by atoms with Crippen LogP contribution in [0.3, 0.4) is 0 Å². The van der Waals surface area contributed by atoms with E-state index in [1.165, 1.54) is 0 Å². The van der Waals surface area contributed by atoms with E-state index in [0.717, 1.165) is 21.2 Å². The summed E-state index contributed by atoms with van der Waals surface area (Å²) in [6, 6.07) is 10.2. The van der Waals surface area contributed by atoms with E-state index in [0.29, 0.717) is 0 Å². The Labute approximate surface area is 104 Å². The summed E-state index contributed by atoms with van der Waals surface area (Å²) in [4.78, 5) is 4.12. The summed E-state index contributed by atoms with van der Waals surface area (Å²) in [7, 11) is 0. The van der Waals surface area contributed by atoms with Gasteiger partial charge in [0, 0.05) is 28.5 Å². The van der Waals surface area contributed by atoms with E-state index in [4.69, 9.17) is 5.73 Å². The lowest BCUT2D eigenvalue weighted by molar-refractivity contribution is 0.818. The smallest absolute Gasteiger partial charge is 0.0346 e. The van der Waals surface area contributed by atoms with Gasteiger partial charge in [-0.2, -0.15) is 0 Å². The summed E-state index contributed by atoms with van der Waals surface area (Å²) in [6.07, 6.45) is 3.63. The second-order valence-corrected chi connectivity index (χ2v) is 4.72. The van der Waals surface area contributed by atoms with Crippen LogP contribution in [0.1, 0.15) is 18.5 Å². The van der Waals surface area contributed by atoms with E-state index in [9.17, 15) is 0 Å². The van der Waals surface area contributed by atoms with Gasteiger partial charge in [0.15, 0.2) is 0 Å². The minimum absolute atomic E-state index is 0.0351. The highest BCUT2D eigenvalue weighted by Crippen LogP contribution is 2.26. The van der Waals surface area contributed by atoms with Gasteiger partial charge >= 0.3 is 0 Å². The topological polar surface area (TPSA) is 38.9 Å². The van der Waals surface area contributed by atoms with E-state index in [-0.39, 0.29) is 6.04 Å². The number of hydrogen-bond acceptors (Lipinski definition) is 2. The fourth-order valence-electron chi connectivity index (χ4n) is 1.58. The number of nitrogens with zero attached hydrogens (tertiary/aromatic N) is 1. The Kier molecular flexibility index (Phi) is 3.36. The van der Waals surface area contributed by atoms with Crippen LogP contribution in [0, 0.1) is 0 Å². The van der Waals surface area contributed by atoms with Crippen LogP contribution in [0.25, 0.3) is 11.1 Å². The largest absolute Gasteiger partial charge is 0.324 e. The average molecular weight is 277 g/mol. The lowest BCUT2D eigenvalue weighted by Gasteiger charge is -2.09. The summed E-state index contributed by atoms with van der Waals surface area (Å²) >= 11 is 3.50. The van der Waals surface area contributed by atoms with Crippen LogP contribution in [0.4, 0.5) is 0 Å². The van der Waals surface area contributed by atoms with Crippen molar-refractivity contribution in [2.75, 3.05) is 0 Å². The Bertz CT molecular complexity index is 481. The lowest BCUT2D eigenvalue weighted by atomic mass is 10.0. The van der Waals surface area contributed by atoms with Crippen molar-refractivity contribution in [2.45, 2.75) is 13.0 Å². The number of nitrogens with two attached hydrogens (primary N) is 1. The first-order valence-corrected chi connectivity index (χ1v) is 5.92. The summed E-state index contributed by atoms with van der Waals surface area (Å²) in [6.45, 7) is 1.98. The highest BCUT2D eigenvalue weighted by atomic mass is 79.9. The quantitative estimate of drug-likeness (QED) is 0.912. The highest BCUT2D eigenvalue weighted by Gasteiger charge is 2.05. The summed E-state index contributed by atoms with van der Waals surface area (Å²) in [5, 5.41) is 0. The number of aromatic nitrogens is 1. The van der Waals surface area contributed by atoms with Gasteiger partial charge in [0.05, 0.1) is 0 Å². The molecule has 1 atom stereocenters. The molecule has 0 spiro atoms. The number of pyridine rings is 1. The molecule has 0 saturated carbocycles. The van der Waals surface area contributed by atoms with Crippen molar-refractivity contribution >= 4 is 15.9 Å². The number of rotatable bonds is 2. The van der Waals surface area contributed by atoms with Gasteiger partial charge in [0.1, 0.15) is 0 Å². The van der Waals surface area contributed by atoms with Crippen molar-refractivity contribution in [3.63, 3.8) is 0 Å². The first-order valence-electron chi connectivity index (χ1n) is 5.13. The molecule has 0 radical (unpaired) electrons. The molecule has 1 heterocycles. The van der Waals surface area contributed by atoms with Gasteiger partial charge in [-0.3, -0.25) is 4.98 Å². The fraction of sp³-hybridized carbons (Fsp3) is 0.154. The first-order chi connectivity index (χ1) is 7.66. The van der Waals surface area contributed by atoms with Crippen molar-refractivity contribution in [3.05, 3.63) is 52.8 Å². The number of benzene rings is 1. The van der Waals surface area contributed by atoms with Crippen molar-refractivity contribution in [2.24, 2.45) is 5.73 Å². The van der Waals surface area contributed by atoms with Crippen molar-refractivity contribution in [1.82, 2.24) is 4.98 Å². The third-order valence-corrected chi connectivity index (χ3v) is 2.90. The van der Waals surface area contributed by atoms with E-state index in [1.807, 2.05) is 31.3 Å². The second-order valence-electron chi connectivity index (χ2n) is 3.80. The van der Waals surface area contributed by atoms with Crippen LogP contribution in [0.15, 0.2) is 47.2 Å². The zero-order valence-corrected chi connectivity index (χ0v) is 10.6. The maximum Gasteiger partial charge on any atom is 0.0346 e. The second kappa shape index (κ2) is 4.76. The molecule has 0 fully saturated rings. The predicted octanol–water partition coefficient (Wildman–Crippen LogP) is 3.53. The zero-order valence-electron chi connectivity index (χ0n) is 9.02. The maximum atomic E-state index is 5.89. The molecule has 2 aromatic rings. The van der Waals surface area contributed by atoms with E-state index < -0.39 is 0 Å². The summed E-state index contributed by atoms with van der Waals surface area (Å²) in [5.41, 5.74) is 9.25. The Morgan fingerprint density at radius 2 is 2.06 bits per heavy atom. The summed E-state index contributed by atoms with van der Waals surface area (Å²) < 4.78 is 1.04. The lowest BCUT2D eigenvalue weighted by Crippen LogP contribution is -2.04. The average Bonchev–Trinajstić information content (AvgIpc) is 2.29. The van der Waals surface area contributed by atoms with E-state index >= 15 is 0 Å². The molecular weight excluding hydrogens is 264 g/mol. The molecule has 82 valence electrons. The van der Waals surface area contributed by atoms with E-state index in [1.54, 1.807) is 6.20 Å². The van der Waals surface area contributed by atoms with Gasteiger partial charge in [-0.1, -0.05) is 22.0 Å². The van der Waals surface area contributed by atoms with Crippen LogP contribution >= 0.6 is 15.9 Å². The number of hydrogen-bond donors (Lipinski definition) is 1. The molecule has 0 amide bonds. The molecule has 16 heavy (non-hydrogen) atoms. The normalized spacial score (nSPS) is 12.4. The van der Waals surface area contributed by atoms with E-state index in [2.05, 4.69) is 33.0 Å². The molecular formula is C13H13BrN2. The molecule has 0 aliphatic carbocycles. The molecule has 1 unspecified atom stereocenters. The SMILES string of the molecule is CC(N)c1cc(Br)cc(-c2cccnc2)c1. The van der Waals surface area contributed by atoms with Crippen LogP contribution in [-0.4, -0.2) is 4.98 Å². The Morgan fingerprint density at radius 3 is 2.69 bits per heavy atom. The van der Waals surface area contributed by atoms with Gasteiger partial charge < -0.3 is 5.73 Å². The Morgan fingerprint density at radius 1 is 1.25 bits per heavy atom. The molecule has 2 N–H and O–H groups in total. The third kappa shape index (κ3) is 2.49. The Balaban J connectivity index is 2.50. The molecule has 0 aliphatic heterocycles. The molecule has 3 heteroatoms. The van der Waals surface area contributed by atoms with Crippen LogP contribution in [0.2, 0.25) is 0 Å². The minimum atomic E-state index is 0.0351. The molecule has 0 aliphatic rings. The molecule has 0 bridgehead atoms. The molecule has 2 rings (SSSR count). The predicted molar refractivity (Wildman–Crippen MR) is 70.0 cm³/mol. The summed E-state index contributed by atoms with van der Waals surface area (Å²) in [5.74, 6) is 0. The Hall–Kier alpha value is -1.19. The van der Waals surface area contributed by atoms with Crippen molar-refractivity contribution < 1.29 is 0 Å². The van der Waals surface area contributed by atoms with Gasteiger partial charge in [0.2, 0.25) is 0 Å². The first kappa shape index (κ1) is 11.3. The molecule has 0 saturated heterocycles. The third-order valence-electron chi connectivity index (χ3n) is 2.44. The van der Waals surface area contributed by atoms with Gasteiger partial charge in [0.25, 0.3) is 0 Å². The zero-order chi connectivity index (χ0) is 11.5. The fourth-order valence-corrected chi connectivity index (χ4v) is 2.09. The van der Waals surface area contributed by atoms with Crippen molar-refractivity contribution in [3.8, 4) is 11.1 Å². The van der Waals surface area contributed by atoms with Crippen LogP contribution < -0.4 is 5.73 Å². The van der Waals surface area contributed by atoms with Crippen molar-refractivity contribution in [1.29, 1.82) is 0 Å². The minimum Gasteiger partial charge on any atom is -0.324 e. The van der Waals surface area contributed by atoms with Gasteiger partial charge in [-0.05, 0) is 42.3 Å². The molecule has 1 aromatic heterocycles. The number of halogens is 1.